The quantitative estimate of drug-likeness (QED) is 0.344. The van der Waals surface area contributed by atoms with E-state index in [9.17, 15) is 4.79 Å². The van der Waals surface area contributed by atoms with Gasteiger partial charge < -0.3 is 20.7 Å². The normalized spacial score (nSPS) is 23.7. The van der Waals surface area contributed by atoms with Gasteiger partial charge in [-0.2, -0.15) is 0 Å². The third kappa shape index (κ3) is 7.65. The molecule has 2 rings (SSSR count). The lowest BCUT2D eigenvalue weighted by Crippen LogP contribution is -2.48. The minimum Gasteiger partial charge on any atom is -0.379 e. The third-order valence-electron chi connectivity index (χ3n) is 4.82. The van der Waals surface area contributed by atoms with E-state index in [0.717, 1.165) is 71.3 Å². The van der Waals surface area contributed by atoms with E-state index in [1.54, 1.807) is 0 Å². The van der Waals surface area contributed by atoms with Crippen molar-refractivity contribution in [2.45, 2.75) is 39.2 Å². The SMILES string of the molecule is CCNC(=NCC(C)N1CCOCC1)N1CCCC(CC(N)=O)C1.I. The van der Waals surface area contributed by atoms with Gasteiger partial charge in [0, 0.05) is 45.2 Å². The average molecular weight is 467 g/mol. The van der Waals surface area contributed by atoms with E-state index in [4.69, 9.17) is 15.5 Å². The van der Waals surface area contributed by atoms with Crippen molar-refractivity contribution < 1.29 is 9.53 Å². The Hall–Kier alpha value is -0.610. The Morgan fingerprint density at radius 2 is 2.08 bits per heavy atom. The number of carbonyl (C=O) groups excluding carboxylic acids is 1. The standard InChI is InChI=1S/C17H33N5O2.HI/c1-3-19-17(20-12-14(2)21-7-9-24-10-8-21)22-6-4-5-15(13-22)11-16(18)23;/h14-15H,3-13H2,1-2H3,(H2,18,23)(H,19,20);1H. The molecule has 0 aromatic carbocycles. The topological polar surface area (TPSA) is 83.2 Å². The first-order valence-electron chi connectivity index (χ1n) is 9.23. The van der Waals surface area contributed by atoms with Gasteiger partial charge in [-0.05, 0) is 32.6 Å². The molecule has 2 fully saturated rings. The molecule has 25 heavy (non-hydrogen) atoms. The fraction of sp³-hybridized carbons (Fsp3) is 0.882. The van der Waals surface area contributed by atoms with Crippen molar-refractivity contribution in [3.05, 3.63) is 0 Å². The fourth-order valence-electron chi connectivity index (χ4n) is 3.49. The summed E-state index contributed by atoms with van der Waals surface area (Å²) in [6.45, 7) is 11.4. The number of morpholine rings is 1. The van der Waals surface area contributed by atoms with Crippen molar-refractivity contribution in [1.29, 1.82) is 0 Å². The molecular formula is C17H34IN5O2. The molecule has 0 aliphatic carbocycles. The highest BCUT2D eigenvalue weighted by Crippen LogP contribution is 2.19. The molecule has 2 heterocycles. The first kappa shape index (κ1) is 22.4. The molecule has 2 unspecified atom stereocenters. The number of hydrogen-bond donors (Lipinski definition) is 2. The van der Waals surface area contributed by atoms with Gasteiger partial charge in [-0.25, -0.2) is 0 Å². The van der Waals surface area contributed by atoms with Crippen LogP contribution in [0.3, 0.4) is 0 Å². The minimum atomic E-state index is -0.204. The van der Waals surface area contributed by atoms with E-state index in [1.807, 2.05) is 0 Å². The molecule has 146 valence electrons. The zero-order valence-corrected chi connectivity index (χ0v) is 17.9. The molecule has 0 aromatic rings. The molecule has 0 aromatic heterocycles. The van der Waals surface area contributed by atoms with Crippen LogP contribution in [-0.2, 0) is 9.53 Å². The molecule has 0 spiro atoms. The van der Waals surface area contributed by atoms with Gasteiger partial charge in [-0.15, -0.1) is 24.0 Å². The summed E-state index contributed by atoms with van der Waals surface area (Å²) in [6, 6.07) is 0.411. The number of amides is 1. The Bertz CT molecular complexity index is 429. The molecule has 2 atom stereocenters. The maximum Gasteiger partial charge on any atom is 0.217 e. The number of ether oxygens (including phenoxy) is 1. The van der Waals surface area contributed by atoms with Crippen LogP contribution in [0.4, 0.5) is 0 Å². The number of primary amides is 1. The molecule has 7 nitrogen and oxygen atoms in total. The second kappa shape index (κ2) is 11.9. The number of carbonyl (C=O) groups is 1. The Morgan fingerprint density at radius 3 is 2.72 bits per heavy atom. The van der Waals surface area contributed by atoms with Gasteiger partial charge in [0.2, 0.25) is 5.91 Å². The number of hydrogen-bond acceptors (Lipinski definition) is 4. The summed E-state index contributed by atoms with van der Waals surface area (Å²) in [5, 5.41) is 3.40. The number of aliphatic imine (C=N–C) groups is 1. The first-order chi connectivity index (χ1) is 11.6. The van der Waals surface area contributed by atoms with Gasteiger partial charge in [-0.3, -0.25) is 14.7 Å². The Balaban J connectivity index is 0.00000312. The number of nitrogens with two attached hydrogens (primary N) is 1. The van der Waals surface area contributed by atoms with Crippen LogP contribution in [0, 0.1) is 5.92 Å². The lowest BCUT2D eigenvalue weighted by atomic mass is 9.95. The lowest BCUT2D eigenvalue weighted by Gasteiger charge is -2.35. The number of likely N-dealkylation sites (tertiary alicyclic amines) is 1. The van der Waals surface area contributed by atoms with Crippen molar-refractivity contribution in [1.82, 2.24) is 15.1 Å². The maximum absolute atomic E-state index is 11.2. The van der Waals surface area contributed by atoms with Gasteiger partial charge in [0.15, 0.2) is 5.96 Å². The van der Waals surface area contributed by atoms with Gasteiger partial charge >= 0.3 is 0 Å². The summed E-state index contributed by atoms with van der Waals surface area (Å²) in [6.07, 6.45) is 2.63. The monoisotopic (exact) mass is 467 g/mol. The maximum atomic E-state index is 11.2. The molecule has 3 N–H and O–H groups in total. The predicted octanol–water partition coefficient (Wildman–Crippen LogP) is 0.878. The summed E-state index contributed by atoms with van der Waals surface area (Å²) < 4.78 is 5.42. The smallest absolute Gasteiger partial charge is 0.217 e. The molecule has 2 saturated heterocycles. The van der Waals surface area contributed by atoms with Crippen molar-refractivity contribution in [2.75, 3.05) is 52.5 Å². The second-order valence-electron chi connectivity index (χ2n) is 6.82. The van der Waals surface area contributed by atoms with Crippen molar-refractivity contribution >= 4 is 35.8 Å². The van der Waals surface area contributed by atoms with Crippen molar-refractivity contribution in [3.63, 3.8) is 0 Å². The van der Waals surface area contributed by atoms with E-state index >= 15 is 0 Å². The summed E-state index contributed by atoms with van der Waals surface area (Å²) in [7, 11) is 0. The molecule has 0 radical (unpaired) electrons. The molecule has 1 amide bonds. The molecule has 8 heteroatoms. The Labute approximate surface area is 168 Å². The first-order valence-corrected chi connectivity index (χ1v) is 9.23. The van der Waals surface area contributed by atoms with Crippen LogP contribution in [0.2, 0.25) is 0 Å². The van der Waals surface area contributed by atoms with E-state index in [-0.39, 0.29) is 29.9 Å². The lowest BCUT2D eigenvalue weighted by molar-refractivity contribution is -0.119. The largest absolute Gasteiger partial charge is 0.379 e. The number of guanidine groups is 1. The Morgan fingerprint density at radius 1 is 1.36 bits per heavy atom. The van der Waals surface area contributed by atoms with Crippen LogP contribution in [0.15, 0.2) is 4.99 Å². The highest BCUT2D eigenvalue weighted by atomic mass is 127. The van der Waals surface area contributed by atoms with Crippen LogP contribution in [-0.4, -0.2) is 80.2 Å². The van der Waals surface area contributed by atoms with Gasteiger partial charge in [0.05, 0.1) is 19.8 Å². The van der Waals surface area contributed by atoms with Crippen LogP contribution >= 0.6 is 24.0 Å². The molecule has 2 aliphatic rings. The Kier molecular flexibility index (Phi) is 10.7. The second-order valence-corrected chi connectivity index (χ2v) is 6.82. The van der Waals surface area contributed by atoms with Crippen LogP contribution in [0.1, 0.15) is 33.1 Å². The third-order valence-corrected chi connectivity index (χ3v) is 4.82. The summed E-state index contributed by atoms with van der Waals surface area (Å²) in [5.41, 5.74) is 5.37. The number of halogens is 1. The highest BCUT2D eigenvalue weighted by Gasteiger charge is 2.24. The van der Waals surface area contributed by atoms with Gasteiger partial charge in [0.1, 0.15) is 0 Å². The highest BCUT2D eigenvalue weighted by molar-refractivity contribution is 14.0. The van der Waals surface area contributed by atoms with Gasteiger partial charge in [-0.1, -0.05) is 0 Å². The predicted molar refractivity (Wildman–Crippen MR) is 111 cm³/mol. The molecule has 2 aliphatic heterocycles. The van der Waals surface area contributed by atoms with E-state index < -0.39 is 0 Å². The van der Waals surface area contributed by atoms with Crippen molar-refractivity contribution in [2.24, 2.45) is 16.6 Å². The zero-order valence-electron chi connectivity index (χ0n) is 15.6. The fourth-order valence-corrected chi connectivity index (χ4v) is 3.49. The van der Waals surface area contributed by atoms with E-state index in [2.05, 4.69) is 29.0 Å². The van der Waals surface area contributed by atoms with Crippen molar-refractivity contribution in [3.8, 4) is 0 Å². The van der Waals surface area contributed by atoms with Crippen LogP contribution in [0.25, 0.3) is 0 Å². The number of nitrogens with one attached hydrogen (secondary N) is 1. The van der Waals surface area contributed by atoms with E-state index in [1.165, 1.54) is 0 Å². The number of piperidine rings is 1. The average Bonchev–Trinajstić information content (AvgIpc) is 2.58. The molecular weight excluding hydrogens is 433 g/mol. The summed E-state index contributed by atoms with van der Waals surface area (Å²) in [4.78, 5) is 20.8. The van der Waals surface area contributed by atoms with Gasteiger partial charge in [0.25, 0.3) is 0 Å². The molecule has 0 saturated carbocycles. The molecule has 0 bridgehead atoms. The summed E-state index contributed by atoms with van der Waals surface area (Å²) in [5.74, 6) is 1.10. The van der Waals surface area contributed by atoms with Crippen LogP contribution < -0.4 is 11.1 Å². The van der Waals surface area contributed by atoms with Crippen LogP contribution in [0.5, 0.6) is 0 Å². The summed E-state index contributed by atoms with van der Waals surface area (Å²) >= 11 is 0. The minimum absolute atomic E-state index is 0. The van der Waals surface area contributed by atoms with E-state index in [0.29, 0.717) is 18.4 Å². The number of rotatable bonds is 6. The zero-order chi connectivity index (χ0) is 17.4. The number of nitrogens with zero attached hydrogens (tertiary/aromatic N) is 3.